The summed E-state index contributed by atoms with van der Waals surface area (Å²) >= 11 is 0. The summed E-state index contributed by atoms with van der Waals surface area (Å²) in [4.78, 5) is 18.2. The highest BCUT2D eigenvalue weighted by Gasteiger charge is 2.29. The first-order valence-electron chi connectivity index (χ1n) is 11.7. The van der Waals surface area contributed by atoms with Crippen molar-refractivity contribution in [1.82, 2.24) is 19.6 Å². The van der Waals surface area contributed by atoms with E-state index in [-0.39, 0.29) is 11.4 Å². The van der Waals surface area contributed by atoms with E-state index < -0.39 is 0 Å². The van der Waals surface area contributed by atoms with E-state index in [1.807, 2.05) is 59.6 Å². The van der Waals surface area contributed by atoms with E-state index in [4.69, 9.17) is 14.6 Å². The highest BCUT2D eigenvalue weighted by atomic mass is 16.5. The number of carbonyl (C=O) groups is 1. The van der Waals surface area contributed by atoms with Crippen LogP contribution in [0.3, 0.4) is 0 Å². The minimum absolute atomic E-state index is 0.0461. The van der Waals surface area contributed by atoms with E-state index in [1.54, 1.807) is 18.9 Å². The number of amides is 1. The van der Waals surface area contributed by atoms with Crippen molar-refractivity contribution in [2.24, 2.45) is 0 Å². The van der Waals surface area contributed by atoms with Crippen molar-refractivity contribution in [2.75, 3.05) is 40.4 Å². The van der Waals surface area contributed by atoms with Gasteiger partial charge in [0.25, 0.3) is 5.91 Å². The van der Waals surface area contributed by atoms with Crippen LogP contribution in [0.1, 0.15) is 37.7 Å². The lowest BCUT2D eigenvalue weighted by Gasteiger charge is -2.34. The summed E-state index contributed by atoms with van der Waals surface area (Å²) in [5.41, 5.74) is 3.05. The fourth-order valence-electron chi connectivity index (χ4n) is 4.40. The minimum Gasteiger partial charge on any atom is -0.493 e. The average molecular weight is 463 g/mol. The van der Waals surface area contributed by atoms with Crippen LogP contribution in [0.5, 0.6) is 11.5 Å². The molecule has 0 radical (unpaired) electrons. The van der Waals surface area contributed by atoms with Crippen molar-refractivity contribution in [1.29, 1.82) is 0 Å². The molecule has 1 amide bonds. The smallest absolute Gasteiger partial charge is 0.275 e. The Morgan fingerprint density at radius 1 is 0.912 bits per heavy atom. The lowest BCUT2D eigenvalue weighted by atomic mass is 10.0. The van der Waals surface area contributed by atoms with Crippen molar-refractivity contribution >= 4 is 5.91 Å². The maximum absolute atomic E-state index is 13.8. The Hall–Kier alpha value is -3.32. The monoisotopic (exact) mass is 462 g/mol. The molecular weight excluding hydrogens is 428 g/mol. The Morgan fingerprint density at radius 2 is 1.65 bits per heavy atom. The van der Waals surface area contributed by atoms with Crippen molar-refractivity contribution in [3.8, 4) is 28.3 Å². The molecule has 1 aromatic heterocycles. The first-order chi connectivity index (χ1) is 16.3. The molecule has 0 spiro atoms. The van der Waals surface area contributed by atoms with Gasteiger partial charge in [-0.15, -0.1) is 0 Å². The van der Waals surface area contributed by atoms with Crippen LogP contribution in [0, 0.1) is 0 Å². The Morgan fingerprint density at radius 3 is 2.32 bits per heavy atom. The molecule has 0 unspecified atom stereocenters. The highest BCUT2D eigenvalue weighted by molar-refractivity contribution is 5.99. The van der Waals surface area contributed by atoms with Gasteiger partial charge in [0.1, 0.15) is 0 Å². The van der Waals surface area contributed by atoms with Gasteiger partial charge >= 0.3 is 0 Å². The van der Waals surface area contributed by atoms with Gasteiger partial charge in [-0.2, -0.15) is 5.10 Å². The molecule has 1 aliphatic rings. The van der Waals surface area contributed by atoms with Crippen molar-refractivity contribution in [3.63, 3.8) is 0 Å². The Balaban J connectivity index is 1.73. The van der Waals surface area contributed by atoms with Crippen LogP contribution >= 0.6 is 0 Å². The van der Waals surface area contributed by atoms with E-state index in [2.05, 4.69) is 25.7 Å². The summed E-state index contributed by atoms with van der Waals surface area (Å²) in [6.07, 6.45) is 2.86. The molecule has 0 atom stereocenters. The van der Waals surface area contributed by atoms with E-state index in [1.165, 1.54) is 0 Å². The molecule has 3 aromatic rings. The maximum atomic E-state index is 13.8. The molecule has 0 N–H and O–H groups in total. The molecule has 0 saturated carbocycles. The number of ether oxygens (including phenoxy) is 2. The van der Waals surface area contributed by atoms with Gasteiger partial charge in [-0.3, -0.25) is 9.69 Å². The molecule has 7 nitrogen and oxygen atoms in total. The summed E-state index contributed by atoms with van der Waals surface area (Å²) in [6.45, 7) is 9.90. The molecule has 7 heteroatoms. The first-order valence-corrected chi connectivity index (χ1v) is 11.7. The summed E-state index contributed by atoms with van der Waals surface area (Å²) in [5, 5.41) is 4.77. The molecule has 2 heterocycles. The van der Waals surface area contributed by atoms with Gasteiger partial charge < -0.3 is 14.4 Å². The molecule has 0 aliphatic carbocycles. The molecule has 2 aromatic carbocycles. The predicted octanol–water partition coefficient (Wildman–Crippen LogP) is 4.50. The largest absolute Gasteiger partial charge is 0.493 e. The molecule has 1 fully saturated rings. The van der Waals surface area contributed by atoms with E-state index in [0.29, 0.717) is 23.7 Å². The van der Waals surface area contributed by atoms with Gasteiger partial charge in [0.2, 0.25) is 0 Å². The second-order valence-electron chi connectivity index (χ2n) is 9.54. The molecule has 4 rings (SSSR count). The molecule has 1 aliphatic heterocycles. The zero-order valence-electron chi connectivity index (χ0n) is 20.7. The third-order valence-electron chi connectivity index (χ3n) is 6.36. The molecule has 34 heavy (non-hydrogen) atoms. The number of hydrogen-bond donors (Lipinski definition) is 0. The lowest BCUT2D eigenvalue weighted by molar-refractivity contribution is 0.0744. The van der Waals surface area contributed by atoms with E-state index in [9.17, 15) is 4.79 Å². The summed E-state index contributed by atoms with van der Waals surface area (Å²) < 4.78 is 12.7. The number of methoxy groups -OCH3 is 2. The summed E-state index contributed by atoms with van der Waals surface area (Å²) in [6, 6.07) is 15.5. The average Bonchev–Trinajstić information content (AvgIpc) is 3.13. The molecule has 1 saturated heterocycles. The van der Waals surface area contributed by atoms with Crippen molar-refractivity contribution < 1.29 is 14.3 Å². The maximum Gasteiger partial charge on any atom is 0.275 e. The van der Waals surface area contributed by atoms with Gasteiger partial charge in [-0.1, -0.05) is 24.3 Å². The number of aromatic nitrogens is 2. The van der Waals surface area contributed by atoms with Crippen LogP contribution in [0.15, 0.2) is 54.7 Å². The number of benzene rings is 2. The van der Waals surface area contributed by atoms with Crippen LogP contribution in [0.2, 0.25) is 0 Å². The van der Waals surface area contributed by atoms with Crippen LogP contribution in [0.25, 0.3) is 16.8 Å². The van der Waals surface area contributed by atoms with Gasteiger partial charge in [0.15, 0.2) is 17.2 Å². The van der Waals surface area contributed by atoms with Crippen LogP contribution in [0.4, 0.5) is 0 Å². The van der Waals surface area contributed by atoms with Gasteiger partial charge in [0, 0.05) is 43.5 Å². The van der Waals surface area contributed by atoms with Crippen LogP contribution in [-0.2, 0) is 0 Å². The van der Waals surface area contributed by atoms with Crippen molar-refractivity contribution in [2.45, 2.75) is 32.7 Å². The predicted molar refractivity (Wildman–Crippen MR) is 134 cm³/mol. The first kappa shape index (κ1) is 23.8. The quantitative estimate of drug-likeness (QED) is 0.559. The Kier molecular flexibility index (Phi) is 6.93. The minimum atomic E-state index is -0.0461. The third kappa shape index (κ3) is 4.94. The second kappa shape index (κ2) is 9.89. The van der Waals surface area contributed by atoms with E-state index in [0.717, 1.165) is 42.9 Å². The topological polar surface area (TPSA) is 59.8 Å². The molecule has 180 valence electrons. The zero-order chi connectivity index (χ0) is 24.3. The number of nitrogens with zero attached hydrogens (tertiary/aromatic N) is 4. The Labute approximate surface area is 201 Å². The fourth-order valence-corrected chi connectivity index (χ4v) is 4.40. The van der Waals surface area contributed by atoms with Gasteiger partial charge in [-0.05, 0) is 57.0 Å². The fraction of sp³-hybridized carbons (Fsp3) is 0.407. The second-order valence-corrected chi connectivity index (χ2v) is 9.54. The lowest BCUT2D eigenvalue weighted by Crippen LogP contribution is -2.44. The van der Waals surface area contributed by atoms with Gasteiger partial charge in [-0.25, -0.2) is 4.68 Å². The number of hydrogen-bond acceptors (Lipinski definition) is 5. The third-order valence-corrected chi connectivity index (χ3v) is 6.36. The Bertz CT molecular complexity index is 1130. The molecular formula is C27H34N4O3. The highest BCUT2D eigenvalue weighted by Crippen LogP contribution is 2.34. The number of carbonyl (C=O) groups excluding carboxylic acids is 1. The summed E-state index contributed by atoms with van der Waals surface area (Å²) in [5.74, 6) is 1.21. The summed E-state index contributed by atoms with van der Waals surface area (Å²) in [7, 11) is 3.22. The van der Waals surface area contributed by atoms with Crippen molar-refractivity contribution in [3.05, 3.63) is 60.4 Å². The van der Waals surface area contributed by atoms with Crippen LogP contribution < -0.4 is 9.47 Å². The SMILES string of the molecule is COc1ccc(-c2cn(-c3ccccc3)nc2C(=O)N2CCCN(C(C)(C)C)CC2)cc1OC. The normalized spacial score (nSPS) is 15.1. The molecule has 0 bridgehead atoms. The standard InChI is InChI=1S/C27H34N4O3/c1-27(2,3)30-15-9-14-29(16-17-30)26(32)25-22(19-31(28-25)21-10-7-6-8-11-21)20-12-13-23(33-4)24(18-20)34-5/h6-8,10-13,18-19H,9,14-17H2,1-5H3. The zero-order valence-corrected chi connectivity index (χ0v) is 20.7. The number of rotatable bonds is 5. The van der Waals surface area contributed by atoms with Gasteiger partial charge in [0.05, 0.1) is 19.9 Å². The number of para-hydroxylation sites is 1. The van der Waals surface area contributed by atoms with Crippen LogP contribution in [-0.4, -0.2) is 71.4 Å². The van der Waals surface area contributed by atoms with E-state index >= 15 is 0 Å².